The van der Waals surface area contributed by atoms with Crippen molar-refractivity contribution < 1.29 is 9.90 Å². The van der Waals surface area contributed by atoms with Gasteiger partial charge in [0, 0.05) is 12.4 Å². The molecule has 66 valence electrons. The summed E-state index contributed by atoms with van der Waals surface area (Å²) in [5, 5.41) is 10.2. The fourth-order valence-electron chi connectivity index (χ4n) is 0.703. The van der Waals surface area contributed by atoms with Crippen LogP contribution in [-0.4, -0.2) is 29.7 Å². The van der Waals surface area contributed by atoms with E-state index in [4.69, 9.17) is 16.7 Å². The maximum atomic E-state index is 10.3. The van der Waals surface area contributed by atoms with E-state index in [-0.39, 0.29) is 6.54 Å². The van der Waals surface area contributed by atoms with Gasteiger partial charge in [0.05, 0.1) is 0 Å². The molecule has 1 aromatic heterocycles. The first-order valence-corrected chi connectivity index (χ1v) is 4.39. The summed E-state index contributed by atoms with van der Waals surface area (Å²) in [5.41, 5.74) is 0. The first-order valence-electron chi connectivity index (χ1n) is 3.13. The first-order chi connectivity index (χ1) is 5.59. The lowest BCUT2D eigenvalue weighted by atomic mass is 10.5. The third kappa shape index (κ3) is 2.35. The molecule has 12 heavy (non-hydrogen) atoms. The van der Waals surface area contributed by atoms with E-state index < -0.39 is 5.97 Å². The summed E-state index contributed by atoms with van der Waals surface area (Å²) in [4.78, 5) is 15.7. The van der Waals surface area contributed by atoms with Crippen molar-refractivity contribution in [2.45, 2.75) is 0 Å². The van der Waals surface area contributed by atoms with E-state index in [1.54, 1.807) is 12.4 Å². The van der Waals surface area contributed by atoms with Crippen LogP contribution in [0.3, 0.4) is 0 Å². The topological polar surface area (TPSA) is 53.4 Å². The Balaban J connectivity index is 2.64. The van der Waals surface area contributed by atoms with Crippen molar-refractivity contribution in [1.82, 2.24) is 4.98 Å². The van der Waals surface area contributed by atoms with Crippen molar-refractivity contribution in [2.24, 2.45) is 0 Å². The van der Waals surface area contributed by atoms with E-state index in [1.165, 1.54) is 16.2 Å². The van der Waals surface area contributed by atoms with E-state index in [9.17, 15) is 4.79 Å². The number of anilines is 1. The van der Waals surface area contributed by atoms with Crippen LogP contribution in [0.4, 0.5) is 5.82 Å². The summed E-state index contributed by atoms with van der Waals surface area (Å²) < 4.78 is 0.419. The second kappa shape index (κ2) is 3.73. The van der Waals surface area contributed by atoms with Crippen LogP contribution in [0.25, 0.3) is 0 Å². The van der Waals surface area contributed by atoms with Crippen molar-refractivity contribution in [3.8, 4) is 0 Å². The lowest BCUT2D eigenvalue weighted by molar-refractivity contribution is -0.135. The van der Waals surface area contributed by atoms with Gasteiger partial charge in [0.25, 0.3) is 0 Å². The highest BCUT2D eigenvalue weighted by atomic mass is 35.5. The van der Waals surface area contributed by atoms with Gasteiger partial charge in [-0.05, 0) is 0 Å². The second-order valence-electron chi connectivity index (χ2n) is 2.21. The Bertz CT molecular complexity index is 289. The summed E-state index contributed by atoms with van der Waals surface area (Å²) in [5.74, 6) is -0.297. The molecule has 1 heterocycles. The Hall–Kier alpha value is -0.810. The molecular weight excluding hydrogens is 200 g/mol. The van der Waals surface area contributed by atoms with Gasteiger partial charge in [-0.25, -0.2) is 4.98 Å². The Morgan fingerprint density at radius 1 is 1.92 bits per heavy atom. The normalized spacial score (nSPS) is 9.83. The third-order valence-electron chi connectivity index (χ3n) is 1.23. The Kier molecular flexibility index (Phi) is 2.88. The van der Waals surface area contributed by atoms with Crippen LogP contribution in [0.15, 0.2) is 5.38 Å². The van der Waals surface area contributed by atoms with E-state index in [1.807, 2.05) is 0 Å². The zero-order valence-electron chi connectivity index (χ0n) is 6.32. The number of carbonyl (C=O) groups is 1. The molecule has 0 saturated heterocycles. The minimum atomic E-state index is -0.887. The molecule has 0 unspecified atom stereocenters. The van der Waals surface area contributed by atoms with E-state index in [0.29, 0.717) is 10.3 Å². The van der Waals surface area contributed by atoms with Gasteiger partial charge in [0.2, 0.25) is 0 Å². The molecule has 0 fully saturated rings. The summed E-state index contributed by atoms with van der Waals surface area (Å²) >= 11 is 6.85. The number of hydrogen-bond donors (Lipinski definition) is 1. The molecule has 0 aliphatic carbocycles. The molecule has 0 amide bonds. The number of likely N-dealkylation sites (N-methyl/N-ethyl adjacent to an activating group) is 1. The minimum Gasteiger partial charge on any atom is -0.480 e. The monoisotopic (exact) mass is 206 g/mol. The van der Waals surface area contributed by atoms with Crippen LogP contribution in [0.1, 0.15) is 0 Å². The average molecular weight is 207 g/mol. The van der Waals surface area contributed by atoms with Crippen LogP contribution in [0.2, 0.25) is 4.47 Å². The highest BCUT2D eigenvalue weighted by molar-refractivity contribution is 7.14. The maximum Gasteiger partial charge on any atom is 0.323 e. The van der Waals surface area contributed by atoms with Gasteiger partial charge in [-0.2, -0.15) is 0 Å². The van der Waals surface area contributed by atoms with Gasteiger partial charge in [0.1, 0.15) is 12.4 Å². The van der Waals surface area contributed by atoms with Crippen molar-refractivity contribution in [1.29, 1.82) is 0 Å². The third-order valence-corrected chi connectivity index (χ3v) is 2.19. The quantitative estimate of drug-likeness (QED) is 0.811. The van der Waals surface area contributed by atoms with Crippen LogP contribution < -0.4 is 4.90 Å². The number of thiazole rings is 1. The summed E-state index contributed by atoms with van der Waals surface area (Å²) in [6.07, 6.45) is 0. The predicted octanol–water partition coefficient (Wildman–Crippen LogP) is 1.32. The molecule has 1 aromatic rings. The highest BCUT2D eigenvalue weighted by Gasteiger charge is 2.08. The molecule has 4 nitrogen and oxygen atoms in total. The largest absolute Gasteiger partial charge is 0.480 e. The van der Waals surface area contributed by atoms with Gasteiger partial charge in [0.15, 0.2) is 4.47 Å². The molecule has 0 bridgehead atoms. The summed E-state index contributed by atoms with van der Waals surface area (Å²) in [6, 6.07) is 0. The zero-order chi connectivity index (χ0) is 9.14. The van der Waals surface area contributed by atoms with Crippen LogP contribution in [0.5, 0.6) is 0 Å². The zero-order valence-corrected chi connectivity index (χ0v) is 7.89. The molecule has 0 aliphatic heterocycles. The smallest absolute Gasteiger partial charge is 0.323 e. The lowest BCUT2D eigenvalue weighted by Crippen LogP contribution is -2.25. The molecule has 0 spiro atoms. The van der Waals surface area contributed by atoms with Gasteiger partial charge in [-0.1, -0.05) is 11.6 Å². The van der Waals surface area contributed by atoms with Gasteiger partial charge in [-0.15, -0.1) is 11.3 Å². The number of halogens is 1. The van der Waals surface area contributed by atoms with Crippen LogP contribution in [0, 0.1) is 0 Å². The summed E-state index contributed by atoms with van der Waals surface area (Å²) in [6.45, 7) is -0.0694. The number of hydrogen-bond acceptors (Lipinski definition) is 4. The van der Waals surface area contributed by atoms with Gasteiger partial charge in [-0.3, -0.25) is 4.79 Å². The molecule has 0 aromatic carbocycles. The van der Waals surface area contributed by atoms with E-state index in [0.717, 1.165) is 0 Å². The van der Waals surface area contributed by atoms with E-state index >= 15 is 0 Å². The van der Waals surface area contributed by atoms with Gasteiger partial charge >= 0.3 is 5.97 Å². The SMILES string of the molecule is CN(CC(=O)O)c1csc(Cl)n1. The number of aliphatic carboxylic acids is 1. The molecule has 0 atom stereocenters. The minimum absolute atomic E-state index is 0.0694. The number of carboxylic acid groups (broad SMARTS) is 1. The maximum absolute atomic E-state index is 10.3. The van der Waals surface area contributed by atoms with Crippen LogP contribution >= 0.6 is 22.9 Å². The number of aromatic nitrogens is 1. The fraction of sp³-hybridized carbons (Fsp3) is 0.333. The van der Waals surface area contributed by atoms with Crippen molar-refractivity contribution in [3.63, 3.8) is 0 Å². The number of nitrogens with zero attached hydrogens (tertiary/aromatic N) is 2. The molecule has 6 heteroatoms. The molecule has 1 N–H and O–H groups in total. The van der Waals surface area contributed by atoms with E-state index in [2.05, 4.69) is 4.98 Å². The Labute approximate surface area is 78.4 Å². The van der Waals surface area contributed by atoms with Crippen molar-refractivity contribution in [2.75, 3.05) is 18.5 Å². The van der Waals surface area contributed by atoms with Crippen molar-refractivity contribution >= 4 is 34.7 Å². The Morgan fingerprint density at radius 2 is 2.58 bits per heavy atom. The average Bonchev–Trinajstić information content (AvgIpc) is 2.34. The summed E-state index contributed by atoms with van der Waals surface area (Å²) in [7, 11) is 1.65. The Morgan fingerprint density at radius 3 is 3.00 bits per heavy atom. The van der Waals surface area contributed by atoms with Gasteiger partial charge < -0.3 is 10.0 Å². The highest BCUT2D eigenvalue weighted by Crippen LogP contribution is 2.20. The van der Waals surface area contributed by atoms with Crippen molar-refractivity contribution in [3.05, 3.63) is 9.85 Å². The predicted molar refractivity (Wildman–Crippen MR) is 48.0 cm³/mol. The number of rotatable bonds is 3. The number of carboxylic acids is 1. The lowest BCUT2D eigenvalue weighted by Gasteiger charge is -2.11. The molecular formula is C6H7ClN2O2S. The molecule has 0 radical (unpaired) electrons. The second-order valence-corrected chi connectivity index (χ2v) is 3.65. The standard InChI is InChI=1S/C6H7ClN2O2S/c1-9(2-5(10)11)4-3-12-6(7)8-4/h3H,2H2,1H3,(H,10,11). The molecule has 1 rings (SSSR count). The van der Waals surface area contributed by atoms with Crippen LogP contribution in [-0.2, 0) is 4.79 Å². The molecule has 0 aliphatic rings. The fourth-order valence-corrected chi connectivity index (χ4v) is 1.51. The molecule has 0 saturated carbocycles. The first kappa shape index (κ1) is 9.28.